The van der Waals surface area contributed by atoms with Crippen LogP contribution in [0.5, 0.6) is 0 Å². The number of sulfonamides is 1. The van der Waals surface area contributed by atoms with E-state index in [1.807, 2.05) is 0 Å². The molecule has 1 aromatic carbocycles. The van der Waals surface area contributed by atoms with Gasteiger partial charge in [0.1, 0.15) is 0 Å². The van der Waals surface area contributed by atoms with Crippen LogP contribution in [0.4, 0.5) is 0 Å². The van der Waals surface area contributed by atoms with E-state index in [0.29, 0.717) is 23.4 Å². The summed E-state index contributed by atoms with van der Waals surface area (Å²) < 4.78 is 27.2. The van der Waals surface area contributed by atoms with Crippen LogP contribution in [0.1, 0.15) is 18.4 Å². The number of aliphatic carboxylic acids is 1. The lowest BCUT2D eigenvalue weighted by atomic mass is 9.90. The molecule has 0 saturated heterocycles. The van der Waals surface area contributed by atoms with Crippen LogP contribution in [0.2, 0.25) is 5.02 Å². The summed E-state index contributed by atoms with van der Waals surface area (Å²) in [4.78, 5) is 11.3. The van der Waals surface area contributed by atoms with E-state index >= 15 is 0 Å². The molecular weight excluding hydrogens is 314 g/mol. The molecule has 0 unspecified atom stereocenters. The maximum Gasteiger partial charge on any atom is 0.308 e. The standard InChI is InChI=1S/C14H16ClNO4S/c1-9-8-10(6-7-12(9)15)21(19,20)16-13-5-3-2-4-11(13)14(17)18/h2-3,6-8,11,13,16H,4-5H2,1H3,(H,17,18)/t11-,13+/m0/s1. The zero-order chi connectivity index (χ0) is 15.6. The number of aryl methyl sites for hydroxylation is 1. The summed E-state index contributed by atoms with van der Waals surface area (Å²) in [6.07, 6.45) is 4.24. The smallest absolute Gasteiger partial charge is 0.308 e. The van der Waals surface area contributed by atoms with Gasteiger partial charge in [-0.1, -0.05) is 23.8 Å². The van der Waals surface area contributed by atoms with E-state index in [0.717, 1.165) is 0 Å². The number of benzene rings is 1. The lowest BCUT2D eigenvalue weighted by molar-refractivity contribution is -0.142. The zero-order valence-electron chi connectivity index (χ0n) is 11.4. The van der Waals surface area contributed by atoms with E-state index < -0.39 is 28.0 Å². The summed E-state index contributed by atoms with van der Waals surface area (Å²) in [6, 6.07) is 3.75. The van der Waals surface area contributed by atoms with Gasteiger partial charge in [-0.2, -0.15) is 0 Å². The van der Waals surface area contributed by atoms with Crippen LogP contribution < -0.4 is 4.72 Å². The van der Waals surface area contributed by atoms with Gasteiger partial charge in [-0.15, -0.1) is 0 Å². The summed E-state index contributed by atoms with van der Waals surface area (Å²) >= 11 is 5.89. The lowest BCUT2D eigenvalue weighted by Crippen LogP contribution is -2.44. The fourth-order valence-electron chi connectivity index (χ4n) is 2.27. The highest BCUT2D eigenvalue weighted by Gasteiger charge is 2.32. The van der Waals surface area contributed by atoms with E-state index in [9.17, 15) is 18.3 Å². The van der Waals surface area contributed by atoms with E-state index in [4.69, 9.17) is 11.6 Å². The normalized spacial score (nSPS) is 22.2. The molecule has 1 aliphatic carbocycles. The average Bonchev–Trinajstić information content (AvgIpc) is 2.41. The fourth-order valence-corrected chi connectivity index (χ4v) is 3.76. The number of allylic oxidation sites excluding steroid dienone is 1. The van der Waals surface area contributed by atoms with Crippen molar-refractivity contribution in [3.63, 3.8) is 0 Å². The molecule has 0 bridgehead atoms. The van der Waals surface area contributed by atoms with Crippen molar-refractivity contribution in [2.45, 2.75) is 30.7 Å². The number of carboxylic acid groups (broad SMARTS) is 1. The summed E-state index contributed by atoms with van der Waals surface area (Å²) in [5, 5.41) is 9.65. The van der Waals surface area contributed by atoms with Crippen molar-refractivity contribution in [2.75, 3.05) is 0 Å². The van der Waals surface area contributed by atoms with Gasteiger partial charge < -0.3 is 5.11 Å². The number of halogens is 1. The van der Waals surface area contributed by atoms with E-state index in [1.54, 1.807) is 19.1 Å². The van der Waals surface area contributed by atoms with Crippen molar-refractivity contribution < 1.29 is 18.3 Å². The second kappa shape index (κ2) is 6.17. The molecule has 1 aliphatic rings. The molecular formula is C14H16ClNO4S. The number of rotatable bonds is 4. The van der Waals surface area contributed by atoms with Gasteiger partial charge in [0.15, 0.2) is 0 Å². The minimum atomic E-state index is -3.77. The first-order chi connectivity index (χ1) is 9.81. The summed E-state index contributed by atoms with van der Waals surface area (Å²) in [5.41, 5.74) is 0.651. The highest BCUT2D eigenvalue weighted by Crippen LogP contribution is 2.23. The minimum absolute atomic E-state index is 0.0862. The number of carbonyl (C=O) groups is 1. The Morgan fingerprint density at radius 3 is 2.62 bits per heavy atom. The Bertz CT molecular complexity index is 684. The first-order valence-corrected chi connectivity index (χ1v) is 8.33. The van der Waals surface area contributed by atoms with Gasteiger partial charge >= 0.3 is 5.97 Å². The molecule has 0 amide bonds. The number of nitrogens with one attached hydrogen (secondary N) is 1. The Hall–Kier alpha value is -1.37. The van der Waals surface area contributed by atoms with Crippen LogP contribution >= 0.6 is 11.6 Å². The predicted octanol–water partition coefficient (Wildman–Crippen LogP) is 2.35. The Morgan fingerprint density at radius 1 is 1.33 bits per heavy atom. The largest absolute Gasteiger partial charge is 0.481 e. The van der Waals surface area contributed by atoms with Gasteiger partial charge in [-0.25, -0.2) is 13.1 Å². The Morgan fingerprint density at radius 2 is 2.00 bits per heavy atom. The van der Waals surface area contributed by atoms with Gasteiger partial charge in [-0.3, -0.25) is 4.79 Å². The SMILES string of the molecule is Cc1cc(S(=O)(=O)N[C@@H]2CC=CC[C@@H]2C(=O)O)ccc1Cl. The van der Waals surface area contributed by atoms with Crippen LogP contribution in [0.3, 0.4) is 0 Å². The van der Waals surface area contributed by atoms with Crippen LogP contribution in [0.25, 0.3) is 0 Å². The fraction of sp³-hybridized carbons (Fsp3) is 0.357. The van der Waals surface area contributed by atoms with Gasteiger partial charge in [0.25, 0.3) is 0 Å². The van der Waals surface area contributed by atoms with Crippen molar-refractivity contribution in [1.29, 1.82) is 0 Å². The third kappa shape index (κ3) is 3.64. The number of carboxylic acids is 1. The molecule has 2 rings (SSSR count). The molecule has 0 saturated carbocycles. The third-order valence-electron chi connectivity index (χ3n) is 3.50. The van der Waals surface area contributed by atoms with Gasteiger partial charge in [0.05, 0.1) is 10.8 Å². The van der Waals surface area contributed by atoms with Crippen molar-refractivity contribution in [3.8, 4) is 0 Å². The highest BCUT2D eigenvalue weighted by atomic mass is 35.5. The summed E-state index contributed by atoms with van der Waals surface area (Å²) in [6.45, 7) is 1.71. The molecule has 21 heavy (non-hydrogen) atoms. The molecule has 114 valence electrons. The Labute approximate surface area is 128 Å². The van der Waals surface area contributed by atoms with Crippen molar-refractivity contribution in [1.82, 2.24) is 4.72 Å². The first kappa shape index (κ1) is 16.0. The van der Waals surface area contributed by atoms with Crippen molar-refractivity contribution >= 4 is 27.6 Å². The first-order valence-electron chi connectivity index (χ1n) is 6.47. The summed E-state index contributed by atoms with van der Waals surface area (Å²) in [7, 11) is -3.77. The molecule has 1 aromatic rings. The molecule has 0 radical (unpaired) electrons. The van der Waals surface area contributed by atoms with E-state index in [1.165, 1.54) is 18.2 Å². The van der Waals surface area contributed by atoms with Crippen LogP contribution in [-0.4, -0.2) is 25.5 Å². The van der Waals surface area contributed by atoms with Crippen molar-refractivity contribution in [3.05, 3.63) is 40.9 Å². The topological polar surface area (TPSA) is 83.5 Å². The van der Waals surface area contributed by atoms with Gasteiger partial charge in [0.2, 0.25) is 10.0 Å². The monoisotopic (exact) mass is 329 g/mol. The van der Waals surface area contributed by atoms with E-state index in [-0.39, 0.29) is 4.90 Å². The molecule has 0 fully saturated rings. The number of hydrogen-bond acceptors (Lipinski definition) is 3. The zero-order valence-corrected chi connectivity index (χ0v) is 13.0. The molecule has 0 aromatic heterocycles. The van der Waals surface area contributed by atoms with E-state index in [2.05, 4.69) is 4.72 Å². The lowest BCUT2D eigenvalue weighted by Gasteiger charge is -2.26. The molecule has 5 nitrogen and oxygen atoms in total. The molecule has 0 aliphatic heterocycles. The maximum absolute atomic E-state index is 12.4. The maximum atomic E-state index is 12.4. The number of hydrogen-bond donors (Lipinski definition) is 2. The molecule has 7 heteroatoms. The Kier molecular flexibility index (Phi) is 4.70. The molecule has 0 heterocycles. The minimum Gasteiger partial charge on any atom is -0.481 e. The predicted molar refractivity (Wildman–Crippen MR) is 79.8 cm³/mol. The highest BCUT2D eigenvalue weighted by molar-refractivity contribution is 7.89. The Balaban J connectivity index is 2.25. The average molecular weight is 330 g/mol. The van der Waals surface area contributed by atoms with Gasteiger partial charge in [0, 0.05) is 11.1 Å². The molecule has 2 atom stereocenters. The van der Waals surface area contributed by atoms with Crippen LogP contribution in [0.15, 0.2) is 35.2 Å². The second-order valence-corrected chi connectivity index (χ2v) is 7.15. The third-order valence-corrected chi connectivity index (χ3v) is 5.41. The molecule has 0 spiro atoms. The van der Waals surface area contributed by atoms with Gasteiger partial charge in [-0.05, 0) is 43.5 Å². The molecule has 2 N–H and O–H groups in total. The second-order valence-electron chi connectivity index (χ2n) is 5.03. The summed E-state index contributed by atoms with van der Waals surface area (Å²) in [5.74, 6) is -1.75. The van der Waals surface area contributed by atoms with Crippen molar-refractivity contribution in [2.24, 2.45) is 5.92 Å². The quantitative estimate of drug-likeness (QED) is 0.830. The van der Waals surface area contributed by atoms with Crippen LogP contribution in [0, 0.1) is 12.8 Å². The van der Waals surface area contributed by atoms with Crippen LogP contribution in [-0.2, 0) is 14.8 Å².